The molecule has 1 atom stereocenters. The van der Waals surface area contributed by atoms with Crippen LogP contribution in [0, 0.1) is 17.8 Å². The van der Waals surface area contributed by atoms with Crippen molar-refractivity contribution in [3.05, 3.63) is 41.2 Å². The minimum Gasteiger partial charge on any atom is -0.497 e. The number of benzene rings is 1. The zero-order valence-electron chi connectivity index (χ0n) is 26.9. The summed E-state index contributed by atoms with van der Waals surface area (Å²) in [5.41, 5.74) is 5.67. The smallest absolute Gasteiger partial charge is 0.337 e. The van der Waals surface area contributed by atoms with Gasteiger partial charge >= 0.3 is 5.97 Å². The van der Waals surface area contributed by atoms with Crippen molar-refractivity contribution in [3.8, 4) is 16.9 Å². The summed E-state index contributed by atoms with van der Waals surface area (Å²) in [6, 6.07) is 8.16. The molecule has 1 spiro atoms. The summed E-state index contributed by atoms with van der Waals surface area (Å²) >= 11 is 0. The first-order chi connectivity index (χ1) is 19.8. The summed E-state index contributed by atoms with van der Waals surface area (Å²) in [4.78, 5) is 23.1. The summed E-state index contributed by atoms with van der Waals surface area (Å²) in [5.74, 6) is -0.188. The molecule has 3 fully saturated rings. The van der Waals surface area contributed by atoms with Gasteiger partial charge in [0.05, 0.1) is 24.1 Å². The van der Waals surface area contributed by atoms with Gasteiger partial charge in [0.1, 0.15) is 5.75 Å². The molecular formula is C35H51N3O4. The fourth-order valence-electron chi connectivity index (χ4n) is 7.08. The molecule has 0 amide bonds. The molecule has 1 aromatic carbocycles. The predicted octanol–water partition coefficient (Wildman–Crippen LogP) is 7.40. The predicted molar refractivity (Wildman–Crippen MR) is 168 cm³/mol. The van der Waals surface area contributed by atoms with E-state index in [-0.39, 0.29) is 5.41 Å². The maximum atomic E-state index is 12.9. The van der Waals surface area contributed by atoms with Gasteiger partial charge in [-0.05, 0) is 108 Å². The number of ether oxygens (including phenoxy) is 2. The number of hydrogen-bond acceptors (Lipinski definition) is 6. The molecule has 7 nitrogen and oxygen atoms in total. The molecule has 1 aliphatic carbocycles. The lowest BCUT2D eigenvalue weighted by molar-refractivity contribution is -0.160. The minimum absolute atomic E-state index is 0.251. The number of carbonyl (C=O) groups is 1. The molecule has 3 aliphatic rings. The van der Waals surface area contributed by atoms with Crippen LogP contribution in [-0.4, -0.2) is 59.8 Å². The lowest BCUT2D eigenvalue weighted by Gasteiger charge is -2.48. The Kier molecular flexibility index (Phi) is 8.66. The van der Waals surface area contributed by atoms with E-state index in [4.69, 9.17) is 14.5 Å². The highest BCUT2D eigenvalue weighted by Gasteiger charge is 2.41. The second-order valence-electron chi connectivity index (χ2n) is 14.7. The van der Waals surface area contributed by atoms with Crippen molar-refractivity contribution < 1.29 is 19.4 Å². The van der Waals surface area contributed by atoms with Crippen LogP contribution in [0.15, 0.2) is 24.3 Å². The number of aromatic nitrogens is 1. The van der Waals surface area contributed by atoms with E-state index in [1.807, 2.05) is 39.8 Å². The SMILES string of the molecule is COc1ccc(-c2c(CN3CCC4(CCC4)CC3)nc(C)c(C(OC(C)(C)C)C(=O)O)c2N2CCC(C)(C)CC2)cc1. The summed E-state index contributed by atoms with van der Waals surface area (Å²) < 4.78 is 11.8. The standard InChI is InChI=1S/C35H51N3O4/c1-24-28(31(32(39)40)42-33(2,3)4)30(38-21-15-34(5,6)16-22-38)29(25-9-11-26(41-7)12-10-25)27(36-24)23-37-19-17-35(18-20-37)13-8-14-35/h9-12,31H,8,13-23H2,1-7H3,(H,39,40). The average molecular weight is 578 g/mol. The maximum absolute atomic E-state index is 12.9. The number of aryl methyl sites for hydroxylation is 1. The van der Waals surface area contributed by atoms with Gasteiger partial charge in [-0.3, -0.25) is 9.88 Å². The second kappa shape index (κ2) is 11.8. The monoisotopic (exact) mass is 577 g/mol. The molecular weight excluding hydrogens is 526 g/mol. The number of hydrogen-bond donors (Lipinski definition) is 1. The average Bonchev–Trinajstić information content (AvgIpc) is 2.91. The highest BCUT2D eigenvalue weighted by Crippen LogP contribution is 2.50. The van der Waals surface area contributed by atoms with Crippen molar-refractivity contribution in [2.45, 2.75) is 105 Å². The van der Waals surface area contributed by atoms with Gasteiger partial charge in [-0.2, -0.15) is 0 Å². The molecule has 42 heavy (non-hydrogen) atoms. The molecule has 7 heteroatoms. The molecule has 2 aliphatic heterocycles. The molecule has 1 unspecified atom stereocenters. The van der Waals surface area contributed by atoms with E-state index in [9.17, 15) is 9.90 Å². The normalized spacial score (nSPS) is 21.2. The number of anilines is 1. The van der Waals surface area contributed by atoms with Crippen molar-refractivity contribution in [1.29, 1.82) is 0 Å². The van der Waals surface area contributed by atoms with Crippen LogP contribution in [0.3, 0.4) is 0 Å². The van der Waals surface area contributed by atoms with E-state index < -0.39 is 17.7 Å². The second-order valence-corrected chi connectivity index (χ2v) is 14.7. The Hall–Kier alpha value is -2.64. The largest absolute Gasteiger partial charge is 0.497 e. The van der Waals surface area contributed by atoms with Gasteiger partial charge in [0.2, 0.25) is 0 Å². The molecule has 1 saturated carbocycles. The first-order valence-corrected chi connectivity index (χ1v) is 15.9. The fraction of sp³-hybridized carbons (Fsp3) is 0.657. The van der Waals surface area contributed by atoms with Crippen molar-refractivity contribution in [1.82, 2.24) is 9.88 Å². The topological polar surface area (TPSA) is 75.1 Å². The third-order valence-electron chi connectivity index (χ3n) is 9.95. The Bertz CT molecular complexity index is 1260. The fourth-order valence-corrected chi connectivity index (χ4v) is 7.08. The van der Waals surface area contributed by atoms with E-state index in [2.05, 4.69) is 35.8 Å². The Morgan fingerprint density at radius 2 is 1.62 bits per heavy atom. The van der Waals surface area contributed by atoms with Crippen LogP contribution in [0.1, 0.15) is 103 Å². The van der Waals surface area contributed by atoms with Crippen LogP contribution in [0.4, 0.5) is 5.69 Å². The zero-order chi connectivity index (χ0) is 30.3. The number of rotatable bonds is 8. The number of carboxylic acids is 1. The number of methoxy groups -OCH3 is 1. The number of carboxylic acid groups (broad SMARTS) is 1. The van der Waals surface area contributed by atoms with Gasteiger partial charge in [0, 0.05) is 36.5 Å². The summed E-state index contributed by atoms with van der Waals surface area (Å²) in [7, 11) is 1.68. The van der Waals surface area contributed by atoms with Gasteiger partial charge in [-0.25, -0.2) is 4.79 Å². The van der Waals surface area contributed by atoms with Gasteiger partial charge in [-0.1, -0.05) is 32.4 Å². The van der Waals surface area contributed by atoms with E-state index in [1.165, 1.54) is 32.1 Å². The van der Waals surface area contributed by atoms with E-state index in [0.29, 0.717) is 11.0 Å². The summed E-state index contributed by atoms with van der Waals surface area (Å²) in [6.07, 6.45) is 7.61. The van der Waals surface area contributed by atoms with Crippen LogP contribution in [0.25, 0.3) is 11.1 Å². The van der Waals surface area contributed by atoms with E-state index in [0.717, 1.165) is 79.5 Å². The third-order valence-corrected chi connectivity index (χ3v) is 9.95. The number of aliphatic carboxylic acids is 1. The number of likely N-dealkylation sites (tertiary alicyclic amines) is 1. The van der Waals surface area contributed by atoms with Crippen molar-refractivity contribution in [2.24, 2.45) is 10.8 Å². The Labute approximate surface area is 252 Å². The highest BCUT2D eigenvalue weighted by atomic mass is 16.5. The van der Waals surface area contributed by atoms with Gasteiger partial charge in [-0.15, -0.1) is 0 Å². The lowest BCUT2D eigenvalue weighted by Crippen LogP contribution is -2.43. The molecule has 2 saturated heterocycles. The third kappa shape index (κ3) is 6.62. The van der Waals surface area contributed by atoms with Crippen molar-refractivity contribution >= 4 is 11.7 Å². The molecule has 1 N–H and O–H groups in total. The molecule has 2 aromatic rings. The van der Waals surface area contributed by atoms with Crippen LogP contribution < -0.4 is 9.64 Å². The van der Waals surface area contributed by atoms with Crippen LogP contribution >= 0.6 is 0 Å². The van der Waals surface area contributed by atoms with E-state index >= 15 is 0 Å². The number of piperidine rings is 2. The van der Waals surface area contributed by atoms with Crippen LogP contribution in [0.2, 0.25) is 0 Å². The van der Waals surface area contributed by atoms with Gasteiger partial charge < -0.3 is 19.5 Å². The molecule has 230 valence electrons. The quantitative estimate of drug-likeness (QED) is 0.350. The van der Waals surface area contributed by atoms with Crippen LogP contribution in [0.5, 0.6) is 5.75 Å². The highest BCUT2D eigenvalue weighted by molar-refractivity contribution is 5.88. The first-order valence-electron chi connectivity index (χ1n) is 15.9. The summed E-state index contributed by atoms with van der Waals surface area (Å²) in [6.45, 7) is 17.0. The van der Waals surface area contributed by atoms with Crippen molar-refractivity contribution in [3.63, 3.8) is 0 Å². The van der Waals surface area contributed by atoms with Gasteiger partial charge in [0.15, 0.2) is 6.10 Å². The molecule has 5 rings (SSSR count). The summed E-state index contributed by atoms with van der Waals surface area (Å²) in [5, 5.41) is 10.6. The lowest BCUT2D eigenvalue weighted by atomic mass is 9.63. The van der Waals surface area contributed by atoms with Crippen molar-refractivity contribution in [2.75, 3.05) is 38.2 Å². The zero-order valence-corrected chi connectivity index (χ0v) is 26.9. The molecule has 1 aromatic heterocycles. The maximum Gasteiger partial charge on any atom is 0.337 e. The van der Waals surface area contributed by atoms with Gasteiger partial charge in [0.25, 0.3) is 0 Å². The number of pyridine rings is 1. The molecule has 0 radical (unpaired) electrons. The Morgan fingerprint density at radius 1 is 1.00 bits per heavy atom. The Morgan fingerprint density at radius 3 is 2.12 bits per heavy atom. The minimum atomic E-state index is -1.12. The van der Waals surface area contributed by atoms with E-state index in [1.54, 1.807) is 7.11 Å². The number of nitrogens with zero attached hydrogens (tertiary/aromatic N) is 3. The molecule has 3 heterocycles. The van der Waals surface area contributed by atoms with Crippen LogP contribution in [-0.2, 0) is 16.1 Å². The first kappa shape index (κ1) is 30.8. The molecule has 0 bridgehead atoms. The Balaban J connectivity index is 1.67.